The zero-order valence-electron chi connectivity index (χ0n) is 26.6. The quantitative estimate of drug-likeness (QED) is 0.169. The molecule has 0 atom stereocenters. The lowest BCUT2D eigenvalue weighted by Crippen LogP contribution is -2.38. The van der Waals surface area contributed by atoms with Crippen LogP contribution in [0.15, 0.2) is 103 Å². The number of piperidine rings is 1. The second kappa shape index (κ2) is 14.4. The van der Waals surface area contributed by atoms with Gasteiger partial charge in [0.15, 0.2) is 0 Å². The summed E-state index contributed by atoms with van der Waals surface area (Å²) in [5.74, 6) is -1.43. The minimum atomic E-state index is -1.07. The fourth-order valence-electron chi connectivity index (χ4n) is 6.48. The van der Waals surface area contributed by atoms with Gasteiger partial charge in [0.2, 0.25) is 11.5 Å². The first kappa shape index (κ1) is 34.0. The van der Waals surface area contributed by atoms with Crippen LogP contribution in [0.3, 0.4) is 0 Å². The highest BCUT2D eigenvalue weighted by Crippen LogP contribution is 2.39. The number of nitrogens with zero attached hydrogens (tertiary/aromatic N) is 2. The number of hydrogen-bond donors (Lipinski definition) is 2. The molecule has 50 heavy (non-hydrogen) atoms. The number of rotatable bonds is 6. The Morgan fingerprint density at radius 2 is 1.30 bits per heavy atom. The van der Waals surface area contributed by atoms with E-state index in [1.165, 1.54) is 11.1 Å². The molecule has 12 heteroatoms. The number of carboxylic acid groups (broad SMARTS) is 2. The molecule has 0 spiro atoms. The highest BCUT2D eigenvalue weighted by atomic mass is 79.9. The molecule has 1 fully saturated rings. The van der Waals surface area contributed by atoms with E-state index in [-0.39, 0.29) is 17.6 Å². The maximum absolute atomic E-state index is 11.1. The molecule has 4 aromatic carbocycles. The van der Waals surface area contributed by atoms with Crippen molar-refractivity contribution in [3.63, 3.8) is 0 Å². The lowest BCUT2D eigenvalue weighted by molar-refractivity contribution is 0.0655. The van der Waals surface area contributed by atoms with Crippen LogP contribution in [0.5, 0.6) is 5.75 Å². The number of anilines is 2. The zero-order chi connectivity index (χ0) is 34.9. The van der Waals surface area contributed by atoms with Crippen LogP contribution in [-0.2, 0) is 13.0 Å². The van der Waals surface area contributed by atoms with Gasteiger partial charge in [0, 0.05) is 66.9 Å². The second-order valence-corrected chi connectivity index (χ2v) is 14.2. The first-order valence-electron chi connectivity index (χ1n) is 16.0. The average Bonchev–Trinajstić information content (AvgIpc) is 3.76. The summed E-state index contributed by atoms with van der Waals surface area (Å²) in [5, 5.41) is 20.4. The smallest absolute Gasteiger partial charge is 0.371 e. The number of fused-ring (bicyclic) bond motifs is 3. The van der Waals surface area contributed by atoms with Crippen molar-refractivity contribution in [3.05, 3.63) is 122 Å². The molecule has 0 aliphatic carbocycles. The predicted octanol–water partition coefficient (Wildman–Crippen LogP) is 10.1. The van der Waals surface area contributed by atoms with Crippen molar-refractivity contribution >= 4 is 88.7 Å². The third kappa shape index (κ3) is 7.08. The van der Waals surface area contributed by atoms with E-state index in [2.05, 4.69) is 65.9 Å². The number of aromatic carboxylic acids is 2. The third-order valence-electron chi connectivity index (χ3n) is 9.00. The maximum atomic E-state index is 11.1. The fourth-order valence-corrected chi connectivity index (χ4v) is 8.05. The fraction of sp³-hybridized carbons (Fsp3) is 0.211. The first-order valence-corrected chi connectivity index (χ1v) is 18.0. The number of carboxylic acids is 2. The third-order valence-corrected chi connectivity index (χ3v) is 10.9. The molecular formula is C38H31Br2ClN2O7. The van der Waals surface area contributed by atoms with Crippen molar-refractivity contribution in [1.82, 2.24) is 0 Å². The molecule has 256 valence electrons. The Morgan fingerprint density at radius 3 is 1.88 bits per heavy atom. The van der Waals surface area contributed by atoms with Crippen molar-refractivity contribution in [2.75, 3.05) is 29.4 Å². The Balaban J connectivity index is 0.000000159. The van der Waals surface area contributed by atoms with Gasteiger partial charge in [0.1, 0.15) is 23.0 Å². The van der Waals surface area contributed by atoms with E-state index < -0.39 is 11.9 Å². The minimum Gasteiger partial charge on any atom is -0.490 e. The van der Waals surface area contributed by atoms with E-state index >= 15 is 0 Å². The summed E-state index contributed by atoms with van der Waals surface area (Å²) in [6, 6.07) is 26.7. The first-order chi connectivity index (χ1) is 24.1. The highest BCUT2D eigenvalue weighted by Gasteiger charge is 2.24. The van der Waals surface area contributed by atoms with E-state index in [1.807, 2.05) is 48.5 Å². The molecule has 2 N–H and O–H groups in total. The van der Waals surface area contributed by atoms with E-state index in [4.69, 9.17) is 35.4 Å². The summed E-state index contributed by atoms with van der Waals surface area (Å²) in [4.78, 5) is 26.8. The van der Waals surface area contributed by atoms with Crippen molar-refractivity contribution in [1.29, 1.82) is 0 Å². The lowest BCUT2D eigenvalue weighted by atomic mass is 9.99. The van der Waals surface area contributed by atoms with Crippen molar-refractivity contribution in [3.8, 4) is 5.75 Å². The number of benzene rings is 4. The predicted molar refractivity (Wildman–Crippen MR) is 200 cm³/mol. The molecule has 0 unspecified atom stereocenters. The minimum absolute atomic E-state index is 0.0400. The Labute approximate surface area is 309 Å². The SMILES string of the molecule is O=C(O)c1cc2c(Br)c(N3CCC(Oc4cccc(Cl)c4)CC3)ccc2o1.O=C(O)c1cc2c(Br)c(N3CCc4ccccc4C3)ccc2o1. The van der Waals surface area contributed by atoms with Gasteiger partial charge in [-0.2, -0.15) is 0 Å². The Morgan fingerprint density at radius 1 is 0.720 bits per heavy atom. The van der Waals surface area contributed by atoms with Crippen molar-refractivity contribution in [2.45, 2.75) is 31.9 Å². The zero-order valence-corrected chi connectivity index (χ0v) is 30.5. The van der Waals surface area contributed by atoms with Crippen molar-refractivity contribution < 1.29 is 33.4 Å². The van der Waals surface area contributed by atoms with Crippen LogP contribution in [-0.4, -0.2) is 47.9 Å². The molecule has 2 aliphatic heterocycles. The summed E-state index contributed by atoms with van der Waals surface area (Å²) in [7, 11) is 0. The van der Waals surface area contributed by atoms with E-state index in [9.17, 15) is 9.59 Å². The average molecular weight is 823 g/mol. The van der Waals surface area contributed by atoms with Crippen LogP contribution in [0.1, 0.15) is 45.1 Å². The summed E-state index contributed by atoms with van der Waals surface area (Å²) < 4.78 is 18.5. The molecule has 0 radical (unpaired) electrons. The summed E-state index contributed by atoms with van der Waals surface area (Å²) >= 11 is 13.3. The van der Waals surface area contributed by atoms with Crippen molar-refractivity contribution in [2.24, 2.45) is 0 Å². The normalized spacial score (nSPS) is 14.7. The van der Waals surface area contributed by atoms with Gasteiger partial charge in [-0.05, 0) is 91.9 Å². The van der Waals surface area contributed by atoms with Gasteiger partial charge >= 0.3 is 11.9 Å². The highest BCUT2D eigenvalue weighted by molar-refractivity contribution is 9.11. The molecule has 2 aliphatic rings. The van der Waals surface area contributed by atoms with Gasteiger partial charge in [0.25, 0.3) is 0 Å². The molecular weight excluding hydrogens is 792 g/mol. The number of furan rings is 2. The van der Waals surface area contributed by atoms with E-state index in [0.717, 1.165) is 82.3 Å². The second-order valence-electron chi connectivity index (χ2n) is 12.2. The largest absolute Gasteiger partial charge is 0.490 e. The molecule has 6 aromatic rings. The Hall–Kier alpha value is -4.45. The molecule has 1 saturated heterocycles. The molecule has 4 heterocycles. The molecule has 9 nitrogen and oxygen atoms in total. The van der Waals surface area contributed by atoms with Gasteiger partial charge in [-0.25, -0.2) is 9.59 Å². The van der Waals surface area contributed by atoms with E-state index in [1.54, 1.807) is 12.1 Å². The molecule has 2 aromatic heterocycles. The van der Waals surface area contributed by atoms with Crippen LogP contribution in [0.4, 0.5) is 11.4 Å². The molecule has 0 bridgehead atoms. The Kier molecular flexibility index (Phi) is 9.81. The molecule has 8 rings (SSSR count). The van der Waals surface area contributed by atoms with Crippen LogP contribution in [0, 0.1) is 0 Å². The number of hydrogen-bond acceptors (Lipinski definition) is 7. The number of halogens is 3. The van der Waals surface area contributed by atoms with Gasteiger partial charge in [-0.3, -0.25) is 0 Å². The Bertz CT molecular complexity index is 2220. The van der Waals surface area contributed by atoms with Crippen LogP contribution >= 0.6 is 43.5 Å². The standard InChI is InChI=1S/C20H17BrClNO4.C18H14BrNO3/c21-19-15-11-18(20(24)25)27-17(15)5-4-16(19)23-8-6-13(7-9-23)26-14-3-1-2-12(22)10-14;19-17-13-9-16(18(21)22)23-15(13)6-5-14(17)20-8-7-11-3-1-2-4-12(11)10-20/h1-5,10-11,13H,6-9H2,(H,24,25);1-6,9H,7-8,10H2,(H,21,22). The maximum Gasteiger partial charge on any atom is 0.371 e. The van der Waals surface area contributed by atoms with Gasteiger partial charge in [-0.15, -0.1) is 0 Å². The molecule has 0 amide bonds. The summed E-state index contributed by atoms with van der Waals surface area (Å²) in [6.07, 6.45) is 2.94. The summed E-state index contributed by atoms with van der Waals surface area (Å²) in [5.41, 5.74) is 5.96. The number of ether oxygens (including phenoxy) is 1. The van der Waals surface area contributed by atoms with E-state index in [0.29, 0.717) is 16.2 Å². The van der Waals surface area contributed by atoms with Gasteiger partial charge in [-0.1, -0.05) is 41.9 Å². The topological polar surface area (TPSA) is 117 Å². The summed E-state index contributed by atoms with van der Waals surface area (Å²) in [6.45, 7) is 3.48. The van der Waals surface area contributed by atoms with Crippen LogP contribution in [0.25, 0.3) is 21.9 Å². The van der Waals surface area contributed by atoms with Gasteiger partial charge < -0.3 is 33.6 Å². The van der Waals surface area contributed by atoms with Crippen LogP contribution < -0.4 is 14.5 Å². The van der Waals surface area contributed by atoms with Crippen LogP contribution in [0.2, 0.25) is 5.02 Å². The number of carbonyl (C=O) groups is 2. The molecule has 0 saturated carbocycles. The van der Waals surface area contributed by atoms with Gasteiger partial charge in [0.05, 0.1) is 20.3 Å². The monoisotopic (exact) mass is 820 g/mol. The lowest BCUT2D eigenvalue weighted by Gasteiger charge is -2.34.